The van der Waals surface area contributed by atoms with E-state index in [4.69, 9.17) is 5.73 Å². The van der Waals surface area contributed by atoms with Crippen LogP contribution in [0.25, 0.3) is 0 Å². The average molecular weight is 290 g/mol. The summed E-state index contributed by atoms with van der Waals surface area (Å²) >= 11 is 1.28. The number of nitrogens with two attached hydrogens (primary N) is 1. The summed E-state index contributed by atoms with van der Waals surface area (Å²) < 4.78 is 0. The maximum absolute atomic E-state index is 12.5. The van der Waals surface area contributed by atoms with Crippen molar-refractivity contribution in [1.29, 1.82) is 0 Å². The third kappa shape index (κ3) is 3.08. The molecule has 0 fully saturated rings. The van der Waals surface area contributed by atoms with Crippen molar-refractivity contribution < 1.29 is 4.79 Å². The smallest absolute Gasteiger partial charge is 0.268 e. The number of hydrogen-bond donors (Lipinski definition) is 2. The van der Waals surface area contributed by atoms with Crippen LogP contribution >= 0.6 is 11.3 Å². The van der Waals surface area contributed by atoms with E-state index in [1.165, 1.54) is 11.3 Å². The maximum atomic E-state index is 12.5. The number of carbonyl (C=O) groups is 1. The van der Waals surface area contributed by atoms with Gasteiger partial charge in [0.2, 0.25) is 0 Å². The van der Waals surface area contributed by atoms with Crippen molar-refractivity contribution in [3.05, 3.63) is 40.8 Å². The molecular weight excluding hydrogens is 272 g/mol. The summed E-state index contributed by atoms with van der Waals surface area (Å²) in [5, 5.41) is 3.56. The molecule has 2 rings (SSSR count). The molecule has 5 nitrogen and oxygen atoms in total. The molecule has 6 heteroatoms. The molecule has 1 aromatic carbocycles. The Morgan fingerprint density at radius 1 is 1.40 bits per heavy atom. The molecule has 0 saturated heterocycles. The minimum Gasteiger partial charge on any atom is -0.382 e. The molecule has 3 N–H and O–H groups in total. The van der Waals surface area contributed by atoms with Crippen LogP contribution in [-0.2, 0) is 6.54 Å². The number of nitrogen functional groups attached to an aromatic ring is 1. The molecule has 1 aromatic heterocycles. The lowest BCUT2D eigenvalue weighted by Crippen LogP contribution is -2.30. The standard InChI is InChI=1S/C14H18N4OS/c1-3-18(9-10-7-5-4-6-8-10)13(19)11-12(15)17-14(16-2)20-11/h4-8H,3,9,15H2,1-2H3,(H,16,17). The lowest BCUT2D eigenvalue weighted by atomic mass is 10.2. The minimum absolute atomic E-state index is 0.0761. The van der Waals surface area contributed by atoms with E-state index in [2.05, 4.69) is 10.3 Å². The molecule has 2 aromatic rings. The Labute approximate surface area is 122 Å². The van der Waals surface area contributed by atoms with E-state index in [1.807, 2.05) is 37.3 Å². The number of thiazole rings is 1. The third-order valence-corrected chi connectivity index (χ3v) is 4.02. The van der Waals surface area contributed by atoms with Crippen LogP contribution in [0.2, 0.25) is 0 Å². The number of aromatic nitrogens is 1. The molecule has 0 radical (unpaired) electrons. The van der Waals surface area contributed by atoms with Crippen LogP contribution in [0, 0.1) is 0 Å². The first-order chi connectivity index (χ1) is 9.65. The molecule has 1 amide bonds. The molecule has 0 unspecified atom stereocenters. The number of carbonyl (C=O) groups excluding carboxylic acids is 1. The quantitative estimate of drug-likeness (QED) is 0.887. The Bertz CT molecular complexity index is 582. The van der Waals surface area contributed by atoms with Gasteiger partial charge in [-0.25, -0.2) is 4.98 Å². The Balaban J connectivity index is 2.18. The average Bonchev–Trinajstić information content (AvgIpc) is 2.86. The number of nitrogens with one attached hydrogen (secondary N) is 1. The molecule has 20 heavy (non-hydrogen) atoms. The summed E-state index contributed by atoms with van der Waals surface area (Å²) in [6, 6.07) is 9.90. The van der Waals surface area contributed by atoms with E-state index in [-0.39, 0.29) is 11.7 Å². The van der Waals surface area contributed by atoms with E-state index < -0.39 is 0 Å². The van der Waals surface area contributed by atoms with E-state index in [0.717, 1.165) is 5.56 Å². The van der Waals surface area contributed by atoms with Gasteiger partial charge in [-0.15, -0.1) is 0 Å². The topological polar surface area (TPSA) is 71.2 Å². The SMILES string of the molecule is CCN(Cc1ccccc1)C(=O)c1sc(NC)nc1N. The molecule has 0 bridgehead atoms. The van der Waals surface area contributed by atoms with Gasteiger partial charge in [-0.05, 0) is 12.5 Å². The third-order valence-electron chi connectivity index (χ3n) is 2.95. The van der Waals surface area contributed by atoms with Crippen molar-refractivity contribution in [2.75, 3.05) is 24.6 Å². The monoisotopic (exact) mass is 290 g/mol. The number of amides is 1. The summed E-state index contributed by atoms with van der Waals surface area (Å²) in [7, 11) is 1.76. The molecule has 1 heterocycles. The Hall–Kier alpha value is -2.08. The predicted octanol–water partition coefficient (Wildman–Crippen LogP) is 2.43. The second-order valence-electron chi connectivity index (χ2n) is 4.29. The molecule has 106 valence electrons. The summed E-state index contributed by atoms with van der Waals surface area (Å²) in [5.74, 6) is 0.212. The summed E-state index contributed by atoms with van der Waals surface area (Å²) in [4.78, 5) is 18.9. The van der Waals surface area contributed by atoms with Crippen molar-refractivity contribution >= 4 is 28.2 Å². The zero-order chi connectivity index (χ0) is 14.5. The summed E-state index contributed by atoms with van der Waals surface area (Å²) in [6.45, 7) is 3.15. The van der Waals surface area contributed by atoms with E-state index in [1.54, 1.807) is 11.9 Å². The van der Waals surface area contributed by atoms with Crippen molar-refractivity contribution in [3.63, 3.8) is 0 Å². The van der Waals surface area contributed by atoms with Crippen molar-refractivity contribution in [2.45, 2.75) is 13.5 Å². The van der Waals surface area contributed by atoms with E-state index >= 15 is 0 Å². The number of nitrogens with zero attached hydrogens (tertiary/aromatic N) is 2. The number of rotatable bonds is 5. The molecule has 0 atom stereocenters. The van der Waals surface area contributed by atoms with Gasteiger partial charge in [0, 0.05) is 20.1 Å². The van der Waals surface area contributed by atoms with Gasteiger partial charge in [0.25, 0.3) is 5.91 Å². The maximum Gasteiger partial charge on any atom is 0.268 e. The van der Waals surface area contributed by atoms with E-state index in [9.17, 15) is 4.79 Å². The zero-order valence-corrected chi connectivity index (χ0v) is 12.4. The van der Waals surface area contributed by atoms with Crippen LogP contribution in [0.1, 0.15) is 22.2 Å². The fraction of sp³-hybridized carbons (Fsp3) is 0.286. The van der Waals surface area contributed by atoms with Gasteiger partial charge in [0.1, 0.15) is 10.7 Å². The Morgan fingerprint density at radius 2 is 2.10 bits per heavy atom. The van der Waals surface area contributed by atoms with Crippen LogP contribution in [-0.4, -0.2) is 29.4 Å². The molecule has 0 spiro atoms. The second-order valence-corrected chi connectivity index (χ2v) is 5.29. The van der Waals surface area contributed by atoms with Crippen LogP contribution in [0.5, 0.6) is 0 Å². The molecule has 0 aliphatic rings. The Morgan fingerprint density at radius 3 is 2.65 bits per heavy atom. The number of anilines is 2. The van der Waals surface area contributed by atoms with Gasteiger partial charge in [-0.3, -0.25) is 4.79 Å². The van der Waals surface area contributed by atoms with Gasteiger partial charge in [-0.2, -0.15) is 0 Å². The first-order valence-corrected chi connectivity index (χ1v) is 7.24. The van der Waals surface area contributed by atoms with Crippen LogP contribution < -0.4 is 11.1 Å². The number of hydrogen-bond acceptors (Lipinski definition) is 5. The highest BCUT2D eigenvalue weighted by molar-refractivity contribution is 7.18. The number of benzene rings is 1. The first kappa shape index (κ1) is 14.3. The lowest BCUT2D eigenvalue weighted by Gasteiger charge is -2.20. The van der Waals surface area contributed by atoms with Crippen LogP contribution in [0.15, 0.2) is 30.3 Å². The predicted molar refractivity (Wildman–Crippen MR) is 82.9 cm³/mol. The second kappa shape index (κ2) is 6.38. The van der Waals surface area contributed by atoms with Crippen molar-refractivity contribution in [3.8, 4) is 0 Å². The Kier molecular flexibility index (Phi) is 4.57. The zero-order valence-electron chi connectivity index (χ0n) is 11.6. The highest BCUT2D eigenvalue weighted by Gasteiger charge is 2.21. The van der Waals surface area contributed by atoms with Gasteiger partial charge in [0.05, 0.1) is 0 Å². The van der Waals surface area contributed by atoms with Crippen molar-refractivity contribution in [1.82, 2.24) is 9.88 Å². The summed E-state index contributed by atoms with van der Waals surface area (Å²) in [5.41, 5.74) is 6.91. The summed E-state index contributed by atoms with van der Waals surface area (Å²) in [6.07, 6.45) is 0. The van der Waals surface area contributed by atoms with Gasteiger partial charge in [0.15, 0.2) is 5.13 Å². The highest BCUT2D eigenvalue weighted by atomic mass is 32.1. The van der Waals surface area contributed by atoms with Crippen LogP contribution in [0.4, 0.5) is 10.9 Å². The van der Waals surface area contributed by atoms with Crippen molar-refractivity contribution in [2.24, 2.45) is 0 Å². The molecule has 0 saturated carbocycles. The lowest BCUT2D eigenvalue weighted by molar-refractivity contribution is 0.0758. The fourth-order valence-electron chi connectivity index (χ4n) is 1.87. The molecular formula is C14H18N4OS. The molecule has 0 aliphatic carbocycles. The highest BCUT2D eigenvalue weighted by Crippen LogP contribution is 2.26. The molecule has 0 aliphatic heterocycles. The van der Waals surface area contributed by atoms with Crippen LogP contribution in [0.3, 0.4) is 0 Å². The van der Waals surface area contributed by atoms with E-state index in [0.29, 0.717) is 23.1 Å². The van der Waals surface area contributed by atoms with Gasteiger partial charge in [-0.1, -0.05) is 41.7 Å². The fourth-order valence-corrected chi connectivity index (χ4v) is 2.67. The van der Waals surface area contributed by atoms with Gasteiger partial charge < -0.3 is 16.0 Å². The minimum atomic E-state index is -0.0761. The van der Waals surface area contributed by atoms with Gasteiger partial charge >= 0.3 is 0 Å². The normalized spacial score (nSPS) is 10.3. The largest absolute Gasteiger partial charge is 0.382 e. The first-order valence-electron chi connectivity index (χ1n) is 6.43.